The molecule has 0 radical (unpaired) electrons. The third-order valence-electron chi connectivity index (χ3n) is 4.01. The summed E-state index contributed by atoms with van der Waals surface area (Å²) >= 11 is 9.60. The number of nitrogens with one attached hydrogen (secondary N) is 1. The van der Waals surface area contributed by atoms with E-state index in [1.807, 2.05) is 23.1 Å². The van der Waals surface area contributed by atoms with Crippen LogP contribution in [-0.4, -0.2) is 49.9 Å². The molecule has 0 saturated carbocycles. The van der Waals surface area contributed by atoms with E-state index < -0.39 is 14.6 Å². The van der Waals surface area contributed by atoms with Crippen molar-refractivity contribution in [1.29, 1.82) is 0 Å². The Hall–Kier alpha value is -0.0600. The highest BCUT2D eigenvalue weighted by molar-refractivity contribution is 14.0. The lowest BCUT2D eigenvalue weighted by atomic mass is 10.2. The summed E-state index contributed by atoms with van der Waals surface area (Å²) in [7, 11) is -1.37. The summed E-state index contributed by atoms with van der Waals surface area (Å²) in [6, 6.07) is 5.72. The van der Waals surface area contributed by atoms with Crippen molar-refractivity contribution in [2.45, 2.75) is 25.1 Å². The standard InChI is InChI=1S/C15H21BrClN3O2S.HI/c1-15(2)10-20(6-7-23(15,21)22)14(18-3)19-9-11-4-5-12(16)8-13(11)17;/h4-5,8H,6-7,9-10H2,1-3H3,(H,18,19);1H. The van der Waals surface area contributed by atoms with Gasteiger partial charge in [0.15, 0.2) is 15.8 Å². The second kappa shape index (κ2) is 8.55. The summed E-state index contributed by atoms with van der Waals surface area (Å²) in [5, 5.41) is 3.93. The van der Waals surface area contributed by atoms with E-state index in [0.29, 0.717) is 30.6 Å². The van der Waals surface area contributed by atoms with Gasteiger partial charge >= 0.3 is 0 Å². The van der Waals surface area contributed by atoms with Crippen molar-refractivity contribution < 1.29 is 8.42 Å². The zero-order valence-electron chi connectivity index (χ0n) is 13.8. The lowest BCUT2D eigenvalue weighted by molar-refractivity contribution is 0.353. The predicted octanol–water partition coefficient (Wildman–Crippen LogP) is 3.30. The second-order valence-corrected chi connectivity index (χ2v) is 10.2. The number of sulfone groups is 1. The van der Waals surface area contributed by atoms with E-state index >= 15 is 0 Å². The molecule has 0 aliphatic carbocycles. The predicted molar refractivity (Wildman–Crippen MR) is 114 cm³/mol. The van der Waals surface area contributed by atoms with Crippen LogP contribution in [0.5, 0.6) is 0 Å². The molecule has 1 aromatic carbocycles. The fourth-order valence-electron chi connectivity index (χ4n) is 2.50. The fourth-order valence-corrected chi connectivity index (χ4v) is 4.60. The Bertz CT molecular complexity index is 725. The molecule has 0 aromatic heterocycles. The third-order valence-corrected chi connectivity index (χ3v) is 7.38. The van der Waals surface area contributed by atoms with Crippen molar-refractivity contribution in [2.24, 2.45) is 4.99 Å². The minimum absolute atomic E-state index is 0. The first-order valence-electron chi connectivity index (χ1n) is 7.28. The minimum Gasteiger partial charge on any atom is -0.352 e. The van der Waals surface area contributed by atoms with Gasteiger partial charge in [-0.15, -0.1) is 24.0 Å². The van der Waals surface area contributed by atoms with Gasteiger partial charge in [0.1, 0.15) is 0 Å². The minimum atomic E-state index is -3.07. The molecule has 1 aromatic rings. The van der Waals surface area contributed by atoms with Gasteiger partial charge in [0.05, 0.1) is 10.5 Å². The number of nitrogens with zero attached hydrogens (tertiary/aromatic N) is 2. The van der Waals surface area contributed by atoms with Crippen LogP contribution in [0.1, 0.15) is 19.4 Å². The van der Waals surface area contributed by atoms with Crippen LogP contribution in [0.3, 0.4) is 0 Å². The lowest BCUT2D eigenvalue weighted by Gasteiger charge is -2.39. The lowest BCUT2D eigenvalue weighted by Crippen LogP contribution is -2.57. The van der Waals surface area contributed by atoms with E-state index in [9.17, 15) is 8.42 Å². The molecule has 1 heterocycles. The number of guanidine groups is 1. The van der Waals surface area contributed by atoms with Gasteiger partial charge in [-0.05, 0) is 31.5 Å². The normalized spacial score (nSPS) is 19.5. The Morgan fingerprint density at radius 3 is 2.67 bits per heavy atom. The summed E-state index contributed by atoms with van der Waals surface area (Å²) in [4.78, 5) is 6.25. The van der Waals surface area contributed by atoms with Gasteiger partial charge in [-0.3, -0.25) is 4.99 Å². The van der Waals surface area contributed by atoms with Crippen molar-refractivity contribution in [3.05, 3.63) is 33.3 Å². The first-order valence-corrected chi connectivity index (χ1v) is 10.1. The molecule has 0 amide bonds. The molecule has 24 heavy (non-hydrogen) atoms. The van der Waals surface area contributed by atoms with Crippen LogP contribution in [0, 0.1) is 0 Å². The van der Waals surface area contributed by atoms with E-state index in [2.05, 4.69) is 26.2 Å². The quantitative estimate of drug-likeness (QED) is 0.349. The van der Waals surface area contributed by atoms with E-state index in [1.54, 1.807) is 20.9 Å². The van der Waals surface area contributed by atoms with Crippen LogP contribution < -0.4 is 5.32 Å². The molecule has 0 bridgehead atoms. The molecule has 1 N–H and O–H groups in total. The Morgan fingerprint density at radius 1 is 1.46 bits per heavy atom. The first-order chi connectivity index (χ1) is 10.7. The van der Waals surface area contributed by atoms with Crippen LogP contribution in [0.25, 0.3) is 0 Å². The summed E-state index contributed by atoms with van der Waals surface area (Å²) < 4.78 is 24.4. The summed E-state index contributed by atoms with van der Waals surface area (Å²) in [6.45, 7) is 4.91. The van der Waals surface area contributed by atoms with Crippen molar-refractivity contribution in [3.8, 4) is 0 Å². The Morgan fingerprint density at radius 2 is 2.12 bits per heavy atom. The number of hydrogen-bond acceptors (Lipinski definition) is 3. The van der Waals surface area contributed by atoms with E-state index in [0.717, 1.165) is 10.0 Å². The molecule has 1 aliphatic heterocycles. The van der Waals surface area contributed by atoms with Crippen molar-refractivity contribution in [3.63, 3.8) is 0 Å². The van der Waals surface area contributed by atoms with Crippen LogP contribution in [0.4, 0.5) is 0 Å². The SMILES string of the molecule is CN=C(NCc1ccc(Br)cc1Cl)N1CCS(=O)(=O)C(C)(C)C1.I. The Kier molecular flexibility index (Phi) is 7.83. The molecule has 1 aliphatic rings. The maximum Gasteiger partial charge on any atom is 0.193 e. The molecule has 5 nitrogen and oxygen atoms in total. The summed E-state index contributed by atoms with van der Waals surface area (Å²) in [6.07, 6.45) is 0. The van der Waals surface area contributed by atoms with E-state index in [1.165, 1.54) is 0 Å². The molecule has 1 fully saturated rings. The van der Waals surface area contributed by atoms with E-state index in [4.69, 9.17) is 11.6 Å². The van der Waals surface area contributed by atoms with Crippen LogP contribution in [-0.2, 0) is 16.4 Å². The zero-order valence-corrected chi connectivity index (χ0v) is 19.3. The highest BCUT2D eigenvalue weighted by Crippen LogP contribution is 2.24. The monoisotopic (exact) mass is 549 g/mol. The van der Waals surface area contributed by atoms with Gasteiger partial charge in [0.2, 0.25) is 0 Å². The number of rotatable bonds is 2. The molecule has 1 saturated heterocycles. The molecular formula is C15H22BrClIN3O2S. The molecule has 0 atom stereocenters. The molecular weight excluding hydrogens is 529 g/mol. The molecule has 0 spiro atoms. The third kappa shape index (κ3) is 4.98. The maximum absolute atomic E-state index is 12.1. The molecule has 2 rings (SSSR count). The number of hydrogen-bond donors (Lipinski definition) is 1. The number of halogens is 3. The molecule has 0 unspecified atom stereocenters. The van der Waals surface area contributed by atoms with Crippen LogP contribution in [0.2, 0.25) is 5.02 Å². The smallest absolute Gasteiger partial charge is 0.193 e. The van der Waals surface area contributed by atoms with Crippen LogP contribution in [0.15, 0.2) is 27.7 Å². The number of benzene rings is 1. The van der Waals surface area contributed by atoms with Gasteiger partial charge in [-0.25, -0.2) is 8.42 Å². The zero-order chi connectivity index (χ0) is 17.3. The van der Waals surface area contributed by atoms with Crippen molar-refractivity contribution in [2.75, 3.05) is 25.9 Å². The maximum atomic E-state index is 12.1. The number of aliphatic imine (C=N–C) groups is 1. The first kappa shape index (κ1) is 22.0. The van der Waals surface area contributed by atoms with Gasteiger partial charge in [0, 0.05) is 36.2 Å². The topological polar surface area (TPSA) is 61.8 Å². The van der Waals surface area contributed by atoms with Crippen molar-refractivity contribution >= 4 is 67.3 Å². The Labute approximate surface area is 174 Å². The highest BCUT2D eigenvalue weighted by atomic mass is 127. The average Bonchev–Trinajstić information content (AvgIpc) is 2.45. The molecule has 136 valence electrons. The largest absolute Gasteiger partial charge is 0.352 e. The fraction of sp³-hybridized carbons (Fsp3) is 0.533. The average molecular weight is 551 g/mol. The van der Waals surface area contributed by atoms with Gasteiger partial charge in [-0.1, -0.05) is 33.6 Å². The summed E-state index contributed by atoms with van der Waals surface area (Å²) in [5.41, 5.74) is 0.958. The second-order valence-electron chi connectivity index (χ2n) is 6.14. The highest BCUT2D eigenvalue weighted by Gasteiger charge is 2.40. The Balaban J connectivity index is 0.00000288. The van der Waals surface area contributed by atoms with Gasteiger partial charge in [0.25, 0.3) is 0 Å². The van der Waals surface area contributed by atoms with Gasteiger partial charge < -0.3 is 10.2 Å². The molecule has 9 heteroatoms. The summed E-state index contributed by atoms with van der Waals surface area (Å²) in [5.74, 6) is 0.826. The van der Waals surface area contributed by atoms with Crippen LogP contribution >= 0.6 is 51.5 Å². The van der Waals surface area contributed by atoms with Crippen molar-refractivity contribution in [1.82, 2.24) is 10.2 Å². The van der Waals surface area contributed by atoms with Gasteiger partial charge in [-0.2, -0.15) is 0 Å². The van der Waals surface area contributed by atoms with E-state index in [-0.39, 0.29) is 29.7 Å².